The maximum atomic E-state index is 11.6. The second-order valence-electron chi connectivity index (χ2n) is 7.54. The summed E-state index contributed by atoms with van der Waals surface area (Å²) in [5.74, 6) is -0.290. The highest BCUT2D eigenvalue weighted by Crippen LogP contribution is 2.25. The molecule has 5 nitrogen and oxygen atoms in total. The van der Waals surface area contributed by atoms with Gasteiger partial charge < -0.3 is 19.3 Å². The van der Waals surface area contributed by atoms with Crippen LogP contribution < -0.4 is 4.74 Å². The summed E-state index contributed by atoms with van der Waals surface area (Å²) in [6, 6.07) is 17.2. The van der Waals surface area contributed by atoms with Crippen molar-refractivity contribution < 1.29 is 24.1 Å². The Morgan fingerprint density at radius 1 is 0.964 bits per heavy atom. The molecule has 0 aliphatic heterocycles. The molecule has 0 bridgehead atoms. The Labute approximate surface area is 167 Å². The van der Waals surface area contributed by atoms with Crippen LogP contribution in [0, 0.1) is 0 Å². The van der Waals surface area contributed by atoms with E-state index in [1.807, 2.05) is 42.5 Å². The van der Waals surface area contributed by atoms with Gasteiger partial charge in [0.2, 0.25) is 0 Å². The first-order valence-electron chi connectivity index (χ1n) is 9.57. The summed E-state index contributed by atoms with van der Waals surface area (Å²) in [6.07, 6.45) is -1.77. The van der Waals surface area contributed by atoms with Crippen molar-refractivity contribution in [2.45, 2.75) is 45.3 Å². The second-order valence-corrected chi connectivity index (χ2v) is 7.54. The molecule has 5 heteroatoms. The van der Waals surface area contributed by atoms with Gasteiger partial charge in [-0.1, -0.05) is 63.2 Å². The molecule has 0 saturated heterocycles. The molecule has 0 aromatic heterocycles. The minimum absolute atomic E-state index is 0.0929. The van der Waals surface area contributed by atoms with Crippen LogP contribution >= 0.6 is 0 Å². The van der Waals surface area contributed by atoms with Gasteiger partial charge in [-0.3, -0.25) is 0 Å². The zero-order chi connectivity index (χ0) is 20.6. The number of carboxylic acid groups (broad SMARTS) is 1. The number of aliphatic carboxylic acids is 1. The molecule has 2 aromatic rings. The molecule has 2 rings (SSSR count). The number of rotatable bonds is 10. The first kappa shape index (κ1) is 21.9. The van der Waals surface area contributed by atoms with E-state index in [2.05, 4.69) is 32.9 Å². The quantitative estimate of drug-likeness (QED) is 0.604. The molecular weight excluding hydrogens is 356 g/mol. The monoisotopic (exact) mass is 386 g/mol. The van der Waals surface area contributed by atoms with E-state index < -0.39 is 18.2 Å². The molecule has 0 fully saturated rings. The Balaban J connectivity index is 1.97. The molecule has 0 aliphatic rings. The van der Waals surface area contributed by atoms with Crippen LogP contribution in [0.4, 0.5) is 0 Å². The van der Waals surface area contributed by atoms with E-state index in [0.29, 0.717) is 13.2 Å². The lowest BCUT2D eigenvalue weighted by atomic mass is 9.87. The summed E-state index contributed by atoms with van der Waals surface area (Å²) in [4.78, 5) is 11.6. The third kappa shape index (κ3) is 6.36. The minimum Gasteiger partial charge on any atom is -0.491 e. The highest BCUT2D eigenvalue weighted by atomic mass is 16.6. The summed E-state index contributed by atoms with van der Waals surface area (Å²) < 4.78 is 17.0. The van der Waals surface area contributed by atoms with Gasteiger partial charge in [-0.05, 0) is 35.6 Å². The van der Waals surface area contributed by atoms with Crippen LogP contribution in [0.25, 0.3) is 0 Å². The van der Waals surface area contributed by atoms with Crippen LogP contribution in [0.15, 0.2) is 54.6 Å². The molecule has 152 valence electrons. The van der Waals surface area contributed by atoms with Gasteiger partial charge in [0, 0.05) is 6.61 Å². The Hall–Kier alpha value is -2.37. The molecule has 0 saturated carbocycles. The van der Waals surface area contributed by atoms with Crippen LogP contribution in [-0.4, -0.2) is 37.0 Å². The topological polar surface area (TPSA) is 65.0 Å². The summed E-state index contributed by atoms with van der Waals surface area (Å²) in [5.41, 5.74) is 2.09. The highest BCUT2D eigenvalue weighted by Gasteiger charge is 2.31. The van der Waals surface area contributed by atoms with Gasteiger partial charge in [0.15, 0.2) is 6.10 Å². The van der Waals surface area contributed by atoms with Gasteiger partial charge in [0.1, 0.15) is 18.5 Å². The van der Waals surface area contributed by atoms with Gasteiger partial charge in [0.05, 0.1) is 6.61 Å². The number of hydrogen-bond donors (Lipinski definition) is 1. The lowest BCUT2D eigenvalue weighted by molar-refractivity contribution is -0.162. The lowest BCUT2D eigenvalue weighted by Gasteiger charge is -2.24. The van der Waals surface area contributed by atoms with E-state index in [4.69, 9.17) is 14.2 Å². The molecule has 28 heavy (non-hydrogen) atoms. The fraction of sp³-hybridized carbons (Fsp3) is 0.435. The zero-order valence-electron chi connectivity index (χ0n) is 17.1. The Kier molecular flexibility index (Phi) is 8.03. The van der Waals surface area contributed by atoms with Crippen molar-refractivity contribution in [3.05, 3.63) is 65.7 Å². The molecule has 0 heterocycles. The predicted octanol–water partition coefficient (Wildman–Crippen LogP) is 4.61. The van der Waals surface area contributed by atoms with E-state index >= 15 is 0 Å². The van der Waals surface area contributed by atoms with Gasteiger partial charge in [-0.2, -0.15) is 0 Å². The van der Waals surface area contributed by atoms with E-state index in [-0.39, 0.29) is 12.0 Å². The van der Waals surface area contributed by atoms with Gasteiger partial charge in [-0.25, -0.2) is 4.79 Å². The average molecular weight is 386 g/mol. The van der Waals surface area contributed by atoms with Crippen molar-refractivity contribution in [1.82, 2.24) is 0 Å². The van der Waals surface area contributed by atoms with Crippen molar-refractivity contribution in [1.29, 1.82) is 0 Å². The summed E-state index contributed by atoms with van der Waals surface area (Å²) in [7, 11) is 0. The average Bonchev–Trinajstić information content (AvgIpc) is 2.67. The minimum atomic E-state index is -1.07. The smallest absolute Gasteiger partial charge is 0.335 e. The van der Waals surface area contributed by atoms with Crippen LogP contribution in [0.3, 0.4) is 0 Å². The normalized spacial score (nSPS) is 13.7. The summed E-state index contributed by atoms with van der Waals surface area (Å²) in [6.45, 7) is 9.11. The second kappa shape index (κ2) is 10.2. The van der Waals surface area contributed by atoms with E-state index in [1.165, 1.54) is 5.56 Å². The maximum absolute atomic E-state index is 11.6. The van der Waals surface area contributed by atoms with Gasteiger partial charge in [-0.15, -0.1) is 0 Å². The van der Waals surface area contributed by atoms with E-state index in [9.17, 15) is 9.90 Å². The van der Waals surface area contributed by atoms with Crippen molar-refractivity contribution in [2.75, 3.05) is 19.8 Å². The van der Waals surface area contributed by atoms with E-state index in [1.54, 1.807) is 6.92 Å². The molecule has 2 atom stereocenters. The van der Waals surface area contributed by atoms with E-state index in [0.717, 1.165) is 11.3 Å². The number of benzene rings is 2. The first-order chi connectivity index (χ1) is 13.3. The summed E-state index contributed by atoms with van der Waals surface area (Å²) >= 11 is 0. The fourth-order valence-corrected chi connectivity index (χ4v) is 2.85. The molecular formula is C23H30O5. The number of carbonyl (C=O) groups is 1. The van der Waals surface area contributed by atoms with Crippen molar-refractivity contribution in [2.24, 2.45) is 0 Å². The SMILES string of the molecule is CCOC(C(=O)O)C(OCCOc1ccc(C(C)(C)C)cc1)c1ccccc1. The maximum Gasteiger partial charge on any atom is 0.335 e. The Morgan fingerprint density at radius 2 is 1.61 bits per heavy atom. The van der Waals surface area contributed by atoms with Crippen molar-refractivity contribution in [3.63, 3.8) is 0 Å². The lowest BCUT2D eigenvalue weighted by Crippen LogP contribution is -2.33. The van der Waals surface area contributed by atoms with Crippen LogP contribution in [0.2, 0.25) is 0 Å². The number of ether oxygens (including phenoxy) is 3. The fourth-order valence-electron chi connectivity index (χ4n) is 2.85. The van der Waals surface area contributed by atoms with Crippen LogP contribution in [0.1, 0.15) is 44.9 Å². The molecule has 0 radical (unpaired) electrons. The standard InChI is InChI=1S/C23H30O5/c1-5-26-21(22(24)25)20(17-9-7-6-8-10-17)28-16-15-27-19-13-11-18(12-14-19)23(2,3)4/h6-14,20-21H,5,15-16H2,1-4H3,(H,24,25). The Morgan fingerprint density at radius 3 is 2.14 bits per heavy atom. The molecule has 0 aliphatic carbocycles. The highest BCUT2D eigenvalue weighted by molar-refractivity contribution is 5.73. The predicted molar refractivity (Wildman–Crippen MR) is 109 cm³/mol. The van der Waals surface area contributed by atoms with Crippen LogP contribution in [0.5, 0.6) is 5.75 Å². The third-order valence-electron chi connectivity index (χ3n) is 4.36. The van der Waals surface area contributed by atoms with Crippen molar-refractivity contribution >= 4 is 5.97 Å². The Bertz CT molecular complexity index is 719. The van der Waals surface area contributed by atoms with Gasteiger partial charge >= 0.3 is 5.97 Å². The molecule has 0 amide bonds. The third-order valence-corrected chi connectivity index (χ3v) is 4.36. The molecule has 1 N–H and O–H groups in total. The molecule has 2 unspecified atom stereocenters. The largest absolute Gasteiger partial charge is 0.491 e. The number of hydrogen-bond acceptors (Lipinski definition) is 4. The van der Waals surface area contributed by atoms with Crippen molar-refractivity contribution in [3.8, 4) is 5.75 Å². The summed E-state index contributed by atoms with van der Waals surface area (Å²) in [5, 5.41) is 9.53. The van der Waals surface area contributed by atoms with Gasteiger partial charge in [0.25, 0.3) is 0 Å². The molecule has 0 spiro atoms. The zero-order valence-corrected chi connectivity index (χ0v) is 17.1. The van der Waals surface area contributed by atoms with Crippen LogP contribution in [-0.2, 0) is 19.7 Å². The molecule has 2 aromatic carbocycles. The number of carboxylic acids is 1. The first-order valence-corrected chi connectivity index (χ1v) is 9.57.